The zero-order chi connectivity index (χ0) is 15.5. The molecule has 4 rings (SSSR count). The van der Waals surface area contributed by atoms with Crippen molar-refractivity contribution in [3.8, 4) is 5.75 Å². The first-order valence-corrected chi connectivity index (χ1v) is 8.73. The smallest absolute Gasteiger partial charge is 0.138 e. The average Bonchev–Trinajstić information content (AvgIpc) is 3.25. The molecular weight excluding hydrogens is 288 g/mol. The van der Waals surface area contributed by atoms with E-state index in [1.54, 1.807) is 6.33 Å². The number of fused-ring (bicyclic) bond motifs is 1. The molecule has 0 bridgehead atoms. The Morgan fingerprint density at radius 3 is 2.96 bits per heavy atom. The molecule has 5 nitrogen and oxygen atoms in total. The van der Waals surface area contributed by atoms with Gasteiger partial charge >= 0.3 is 0 Å². The van der Waals surface area contributed by atoms with Gasteiger partial charge in [-0.15, -0.1) is 0 Å². The standard InChI is InChI=1S/C18H24N4O/c1-4-8-17(23-16-6-2-3-7-16)14(5-1)11-19-15-9-10-18-20-13-21-22(18)12-15/h1,4-5,8,13,15-16,19H,2-3,6-7,9-12H2/t15-/m1/s1. The quantitative estimate of drug-likeness (QED) is 0.922. The van der Waals surface area contributed by atoms with Crippen LogP contribution < -0.4 is 10.1 Å². The second kappa shape index (κ2) is 6.71. The van der Waals surface area contributed by atoms with Crippen LogP contribution in [0.4, 0.5) is 0 Å². The van der Waals surface area contributed by atoms with Crippen LogP contribution >= 0.6 is 0 Å². The van der Waals surface area contributed by atoms with Crippen LogP contribution in [-0.2, 0) is 19.5 Å². The highest BCUT2D eigenvalue weighted by atomic mass is 16.5. The molecule has 23 heavy (non-hydrogen) atoms. The van der Waals surface area contributed by atoms with Crippen LogP contribution in [0.1, 0.15) is 43.5 Å². The summed E-state index contributed by atoms with van der Waals surface area (Å²) in [4.78, 5) is 4.29. The molecule has 1 aliphatic carbocycles. The number of aryl methyl sites for hydroxylation is 1. The number of rotatable bonds is 5. The molecule has 0 spiro atoms. The molecule has 1 atom stereocenters. The predicted molar refractivity (Wildman–Crippen MR) is 88.3 cm³/mol. The van der Waals surface area contributed by atoms with Crippen molar-refractivity contribution in [1.29, 1.82) is 0 Å². The maximum atomic E-state index is 6.22. The maximum Gasteiger partial charge on any atom is 0.138 e. The number of hydrogen-bond acceptors (Lipinski definition) is 4. The highest BCUT2D eigenvalue weighted by Gasteiger charge is 2.21. The molecule has 1 aromatic heterocycles. The molecule has 0 saturated heterocycles. The summed E-state index contributed by atoms with van der Waals surface area (Å²) < 4.78 is 8.24. The van der Waals surface area contributed by atoms with Crippen LogP contribution in [0, 0.1) is 0 Å². The Bertz CT molecular complexity index is 648. The summed E-state index contributed by atoms with van der Waals surface area (Å²) in [6, 6.07) is 8.88. The van der Waals surface area contributed by atoms with E-state index in [1.165, 1.54) is 31.2 Å². The van der Waals surface area contributed by atoms with Crippen LogP contribution in [0.2, 0.25) is 0 Å². The fourth-order valence-corrected chi connectivity index (χ4v) is 3.61. The number of benzene rings is 1. The Morgan fingerprint density at radius 2 is 2.04 bits per heavy atom. The Hall–Kier alpha value is -1.88. The number of nitrogens with one attached hydrogen (secondary N) is 1. The van der Waals surface area contributed by atoms with Gasteiger partial charge in [-0.05, 0) is 38.2 Å². The summed E-state index contributed by atoms with van der Waals surface area (Å²) in [5.74, 6) is 2.15. The fraction of sp³-hybridized carbons (Fsp3) is 0.556. The lowest BCUT2D eigenvalue weighted by Crippen LogP contribution is -2.37. The third kappa shape index (κ3) is 3.39. The maximum absolute atomic E-state index is 6.22. The molecule has 2 heterocycles. The molecule has 5 heteroatoms. The zero-order valence-electron chi connectivity index (χ0n) is 13.4. The largest absolute Gasteiger partial charge is 0.490 e. The highest BCUT2D eigenvalue weighted by Crippen LogP contribution is 2.26. The van der Waals surface area contributed by atoms with Crippen LogP contribution in [0.5, 0.6) is 5.75 Å². The summed E-state index contributed by atoms with van der Waals surface area (Å²) in [7, 11) is 0. The summed E-state index contributed by atoms with van der Waals surface area (Å²) >= 11 is 0. The molecule has 1 N–H and O–H groups in total. The van der Waals surface area contributed by atoms with Gasteiger partial charge in [0.1, 0.15) is 17.9 Å². The van der Waals surface area contributed by atoms with Gasteiger partial charge in [-0.25, -0.2) is 9.67 Å². The van der Waals surface area contributed by atoms with Crippen molar-refractivity contribution in [1.82, 2.24) is 20.1 Å². The van der Waals surface area contributed by atoms with E-state index >= 15 is 0 Å². The molecule has 1 aliphatic heterocycles. The van der Waals surface area contributed by atoms with Crippen LogP contribution in [0.25, 0.3) is 0 Å². The van der Waals surface area contributed by atoms with Gasteiger partial charge in [-0.1, -0.05) is 18.2 Å². The van der Waals surface area contributed by atoms with E-state index in [2.05, 4.69) is 39.7 Å². The molecular formula is C18H24N4O. The monoisotopic (exact) mass is 312 g/mol. The van der Waals surface area contributed by atoms with Gasteiger partial charge in [0.05, 0.1) is 12.6 Å². The first-order valence-electron chi connectivity index (χ1n) is 8.73. The second-order valence-corrected chi connectivity index (χ2v) is 6.61. The van der Waals surface area contributed by atoms with Gasteiger partial charge in [-0.3, -0.25) is 0 Å². The molecule has 2 aromatic rings. The fourth-order valence-electron chi connectivity index (χ4n) is 3.61. The summed E-state index contributed by atoms with van der Waals surface area (Å²) in [5.41, 5.74) is 1.25. The minimum atomic E-state index is 0.406. The zero-order valence-corrected chi connectivity index (χ0v) is 13.4. The topological polar surface area (TPSA) is 52.0 Å². The van der Waals surface area contributed by atoms with E-state index in [1.807, 2.05) is 4.68 Å². The number of nitrogens with zero attached hydrogens (tertiary/aromatic N) is 3. The van der Waals surface area contributed by atoms with Gasteiger partial charge in [-0.2, -0.15) is 5.10 Å². The molecule has 1 aromatic carbocycles. The lowest BCUT2D eigenvalue weighted by Gasteiger charge is -2.24. The molecule has 1 saturated carbocycles. The normalized spacial score (nSPS) is 21.3. The van der Waals surface area contributed by atoms with Crippen molar-refractivity contribution < 1.29 is 4.74 Å². The van der Waals surface area contributed by atoms with Crippen molar-refractivity contribution in [3.63, 3.8) is 0 Å². The van der Waals surface area contributed by atoms with Gasteiger partial charge < -0.3 is 10.1 Å². The molecule has 0 amide bonds. The first-order chi connectivity index (χ1) is 11.4. The lowest BCUT2D eigenvalue weighted by atomic mass is 10.1. The average molecular weight is 312 g/mol. The van der Waals surface area contributed by atoms with E-state index in [9.17, 15) is 0 Å². The third-order valence-electron chi connectivity index (χ3n) is 4.96. The van der Waals surface area contributed by atoms with Crippen LogP contribution in [0.15, 0.2) is 30.6 Å². The number of aromatic nitrogens is 3. The summed E-state index contributed by atoms with van der Waals surface area (Å²) in [5, 5.41) is 7.95. The Morgan fingerprint density at radius 1 is 1.17 bits per heavy atom. The Balaban J connectivity index is 1.37. The molecule has 0 unspecified atom stereocenters. The minimum Gasteiger partial charge on any atom is -0.490 e. The highest BCUT2D eigenvalue weighted by molar-refractivity contribution is 5.33. The van der Waals surface area contributed by atoms with Gasteiger partial charge in [0.25, 0.3) is 0 Å². The molecule has 2 aliphatic rings. The number of ether oxygens (including phenoxy) is 1. The van der Waals surface area contributed by atoms with E-state index in [-0.39, 0.29) is 0 Å². The molecule has 0 radical (unpaired) electrons. The van der Waals surface area contributed by atoms with Crippen molar-refractivity contribution in [2.24, 2.45) is 0 Å². The van der Waals surface area contributed by atoms with Crippen molar-refractivity contribution in [3.05, 3.63) is 42.0 Å². The van der Waals surface area contributed by atoms with E-state index in [0.29, 0.717) is 12.1 Å². The van der Waals surface area contributed by atoms with Crippen LogP contribution in [0.3, 0.4) is 0 Å². The first kappa shape index (κ1) is 14.7. The van der Waals surface area contributed by atoms with E-state index in [0.717, 1.165) is 37.5 Å². The minimum absolute atomic E-state index is 0.406. The third-order valence-corrected chi connectivity index (χ3v) is 4.96. The van der Waals surface area contributed by atoms with E-state index in [4.69, 9.17) is 4.74 Å². The SMILES string of the molecule is c1ccc(OC2CCCC2)c(CN[C@@H]2CCc3ncnn3C2)c1. The predicted octanol–water partition coefficient (Wildman–Crippen LogP) is 2.70. The molecule has 122 valence electrons. The molecule has 1 fully saturated rings. The Labute approximate surface area is 137 Å². The van der Waals surface area contributed by atoms with Crippen LogP contribution in [-0.4, -0.2) is 26.9 Å². The Kier molecular flexibility index (Phi) is 4.28. The van der Waals surface area contributed by atoms with Gasteiger partial charge in [0, 0.05) is 24.6 Å². The van der Waals surface area contributed by atoms with Crippen molar-refractivity contribution in [2.45, 2.75) is 63.8 Å². The number of para-hydroxylation sites is 1. The van der Waals surface area contributed by atoms with Crippen molar-refractivity contribution in [2.75, 3.05) is 0 Å². The van der Waals surface area contributed by atoms with E-state index < -0.39 is 0 Å². The lowest BCUT2D eigenvalue weighted by molar-refractivity contribution is 0.207. The van der Waals surface area contributed by atoms with Gasteiger partial charge in [0.15, 0.2) is 0 Å². The summed E-state index contributed by atoms with van der Waals surface area (Å²) in [6.07, 6.45) is 9.16. The summed E-state index contributed by atoms with van der Waals surface area (Å²) in [6.45, 7) is 1.75. The number of hydrogen-bond donors (Lipinski definition) is 1. The van der Waals surface area contributed by atoms with Gasteiger partial charge in [0.2, 0.25) is 0 Å². The second-order valence-electron chi connectivity index (χ2n) is 6.61. The van der Waals surface area contributed by atoms with Crippen molar-refractivity contribution >= 4 is 0 Å².